The van der Waals surface area contributed by atoms with E-state index in [9.17, 15) is 18.3 Å². The molecule has 2 heterocycles. The molecule has 1 aromatic carbocycles. The van der Waals surface area contributed by atoms with Gasteiger partial charge >= 0.3 is 6.18 Å². The molecule has 114 valence electrons. The van der Waals surface area contributed by atoms with E-state index in [4.69, 9.17) is 0 Å². The minimum Gasteiger partial charge on any atom is -0.508 e. The van der Waals surface area contributed by atoms with Crippen LogP contribution in [0.1, 0.15) is 11.5 Å². The highest BCUT2D eigenvalue weighted by molar-refractivity contribution is 5.59. The van der Waals surface area contributed by atoms with E-state index in [-0.39, 0.29) is 17.3 Å². The topological polar surface area (TPSA) is 75.3 Å². The molecule has 3 rings (SSSR count). The van der Waals surface area contributed by atoms with Crippen LogP contribution in [-0.2, 0) is 6.18 Å². The average Bonchev–Trinajstić information content (AvgIpc) is 2.85. The molecule has 2 aromatic heterocycles. The molecule has 0 aliphatic rings. The molecule has 3 aromatic rings. The van der Waals surface area contributed by atoms with Gasteiger partial charge in [0.15, 0.2) is 0 Å². The van der Waals surface area contributed by atoms with Crippen LogP contribution < -0.4 is 5.32 Å². The number of anilines is 2. The molecule has 0 amide bonds. The van der Waals surface area contributed by atoms with E-state index < -0.39 is 12.0 Å². The Labute approximate surface area is 122 Å². The number of benzene rings is 1. The Morgan fingerprint density at radius 1 is 1.14 bits per heavy atom. The van der Waals surface area contributed by atoms with Gasteiger partial charge in [-0.25, -0.2) is 4.98 Å². The van der Waals surface area contributed by atoms with E-state index in [0.717, 1.165) is 4.52 Å². The van der Waals surface area contributed by atoms with Crippen LogP contribution in [0.2, 0.25) is 0 Å². The van der Waals surface area contributed by atoms with Crippen molar-refractivity contribution >= 4 is 17.3 Å². The van der Waals surface area contributed by atoms with E-state index in [0.29, 0.717) is 11.4 Å². The van der Waals surface area contributed by atoms with Crippen molar-refractivity contribution < 1.29 is 18.3 Å². The smallest absolute Gasteiger partial charge is 0.453 e. The lowest BCUT2D eigenvalue weighted by atomic mass is 10.3. The second-order valence-electron chi connectivity index (χ2n) is 4.60. The van der Waals surface area contributed by atoms with Gasteiger partial charge in [0.05, 0.1) is 0 Å². The van der Waals surface area contributed by atoms with Gasteiger partial charge in [0.1, 0.15) is 11.6 Å². The second-order valence-corrected chi connectivity index (χ2v) is 4.60. The van der Waals surface area contributed by atoms with Crippen molar-refractivity contribution in [3.63, 3.8) is 0 Å². The molecule has 0 saturated carbocycles. The monoisotopic (exact) mass is 309 g/mol. The molecule has 6 nitrogen and oxygen atoms in total. The van der Waals surface area contributed by atoms with Crippen LogP contribution >= 0.6 is 0 Å². The number of aromatic nitrogens is 4. The lowest BCUT2D eigenvalue weighted by molar-refractivity contribution is -0.144. The van der Waals surface area contributed by atoms with Gasteiger partial charge in [0.25, 0.3) is 11.6 Å². The predicted molar refractivity (Wildman–Crippen MR) is 71.9 cm³/mol. The Morgan fingerprint density at radius 2 is 1.82 bits per heavy atom. The number of fused-ring (bicyclic) bond motifs is 1. The van der Waals surface area contributed by atoms with Crippen LogP contribution in [0.25, 0.3) is 5.78 Å². The van der Waals surface area contributed by atoms with Crippen LogP contribution in [0.5, 0.6) is 5.75 Å². The SMILES string of the molecule is Cc1cc(Nc2ccc(O)cc2)n2nc(C(F)(F)F)nc2n1. The summed E-state index contributed by atoms with van der Waals surface area (Å²) in [6.07, 6.45) is -4.64. The normalized spacial score (nSPS) is 11.8. The Hall–Kier alpha value is -2.84. The van der Waals surface area contributed by atoms with Gasteiger partial charge in [-0.2, -0.15) is 22.7 Å². The number of hydrogen-bond acceptors (Lipinski definition) is 5. The average molecular weight is 309 g/mol. The van der Waals surface area contributed by atoms with Crippen molar-refractivity contribution in [2.45, 2.75) is 13.1 Å². The van der Waals surface area contributed by atoms with Gasteiger partial charge < -0.3 is 10.4 Å². The maximum Gasteiger partial charge on any atom is 0.453 e. The van der Waals surface area contributed by atoms with E-state index in [1.807, 2.05) is 0 Å². The van der Waals surface area contributed by atoms with Gasteiger partial charge in [0.2, 0.25) is 0 Å². The first-order chi connectivity index (χ1) is 10.3. The fraction of sp³-hybridized carbons (Fsp3) is 0.154. The fourth-order valence-corrected chi connectivity index (χ4v) is 1.89. The Morgan fingerprint density at radius 3 is 2.45 bits per heavy atom. The number of phenols is 1. The van der Waals surface area contributed by atoms with E-state index >= 15 is 0 Å². The van der Waals surface area contributed by atoms with Crippen LogP contribution in [0.4, 0.5) is 24.7 Å². The van der Waals surface area contributed by atoms with Crippen LogP contribution in [-0.4, -0.2) is 24.7 Å². The molecule has 0 bridgehead atoms. The van der Waals surface area contributed by atoms with Crippen molar-refractivity contribution in [2.75, 3.05) is 5.32 Å². The van der Waals surface area contributed by atoms with Gasteiger partial charge in [-0.05, 0) is 31.2 Å². The third-order valence-electron chi connectivity index (χ3n) is 2.83. The minimum absolute atomic E-state index is 0.0849. The van der Waals surface area contributed by atoms with Gasteiger partial charge in [-0.1, -0.05) is 0 Å². The summed E-state index contributed by atoms with van der Waals surface area (Å²) in [7, 11) is 0. The third-order valence-corrected chi connectivity index (χ3v) is 2.83. The zero-order valence-electron chi connectivity index (χ0n) is 11.3. The molecule has 0 saturated heterocycles. The number of nitrogens with zero attached hydrogens (tertiary/aromatic N) is 4. The number of hydrogen-bond donors (Lipinski definition) is 2. The molecule has 9 heteroatoms. The Kier molecular flexibility index (Phi) is 3.12. The molecule has 22 heavy (non-hydrogen) atoms. The second kappa shape index (κ2) is 4.86. The van der Waals surface area contributed by atoms with E-state index in [1.165, 1.54) is 12.1 Å². The first-order valence-corrected chi connectivity index (χ1v) is 6.20. The van der Waals surface area contributed by atoms with Gasteiger partial charge in [-0.15, -0.1) is 5.10 Å². The lowest BCUT2D eigenvalue weighted by Gasteiger charge is -2.08. The number of alkyl halides is 3. The lowest BCUT2D eigenvalue weighted by Crippen LogP contribution is -2.08. The summed E-state index contributed by atoms with van der Waals surface area (Å²) >= 11 is 0. The molecule has 0 fully saturated rings. The highest BCUT2D eigenvalue weighted by Gasteiger charge is 2.36. The Balaban J connectivity index is 2.08. The quantitative estimate of drug-likeness (QED) is 0.712. The number of rotatable bonds is 2. The fourth-order valence-electron chi connectivity index (χ4n) is 1.89. The number of aryl methyl sites for hydroxylation is 1. The van der Waals surface area contributed by atoms with Crippen molar-refractivity contribution in [1.82, 2.24) is 19.6 Å². The zero-order valence-corrected chi connectivity index (χ0v) is 11.3. The largest absolute Gasteiger partial charge is 0.508 e. The molecule has 2 N–H and O–H groups in total. The molecular weight excluding hydrogens is 299 g/mol. The highest BCUT2D eigenvalue weighted by Crippen LogP contribution is 2.27. The number of aromatic hydroxyl groups is 1. The standard InChI is InChI=1S/C13H10F3N5O/c1-7-6-10(18-8-2-4-9(22)5-3-8)21-12(17-7)19-11(20-21)13(14,15)16/h2-6,18,22H,1H3. The predicted octanol–water partition coefficient (Wildman–Crippen LogP) is 2.90. The maximum absolute atomic E-state index is 12.7. The van der Waals surface area contributed by atoms with Crippen molar-refractivity contribution in [3.05, 3.63) is 41.9 Å². The number of halogens is 3. The van der Waals surface area contributed by atoms with E-state index in [2.05, 4.69) is 20.4 Å². The maximum atomic E-state index is 12.7. The summed E-state index contributed by atoms with van der Waals surface area (Å²) in [6.45, 7) is 1.64. The first-order valence-electron chi connectivity index (χ1n) is 6.20. The summed E-state index contributed by atoms with van der Waals surface area (Å²) in [5.74, 6) is -1.02. The molecule has 0 aliphatic heterocycles. The number of nitrogens with one attached hydrogen (secondary N) is 1. The van der Waals surface area contributed by atoms with Gasteiger partial charge in [-0.3, -0.25) is 0 Å². The summed E-state index contributed by atoms with van der Waals surface area (Å²) in [4.78, 5) is 7.33. The summed E-state index contributed by atoms with van der Waals surface area (Å²) in [5, 5.41) is 15.6. The minimum atomic E-state index is -4.64. The molecule has 0 aliphatic carbocycles. The summed E-state index contributed by atoms with van der Waals surface area (Å²) in [5.41, 5.74) is 1.07. The third kappa shape index (κ3) is 2.65. The highest BCUT2D eigenvalue weighted by atomic mass is 19.4. The Bertz CT molecular complexity index is 826. The first kappa shape index (κ1) is 14.1. The van der Waals surface area contributed by atoms with E-state index in [1.54, 1.807) is 25.1 Å². The molecule has 0 unspecified atom stereocenters. The van der Waals surface area contributed by atoms with Crippen molar-refractivity contribution in [3.8, 4) is 5.75 Å². The summed E-state index contributed by atoms with van der Waals surface area (Å²) in [6, 6.07) is 7.62. The van der Waals surface area contributed by atoms with Crippen LogP contribution in [0.15, 0.2) is 30.3 Å². The van der Waals surface area contributed by atoms with Crippen molar-refractivity contribution in [1.29, 1.82) is 0 Å². The molecule has 0 spiro atoms. The molecular formula is C13H10F3N5O. The molecule has 0 radical (unpaired) electrons. The van der Waals surface area contributed by atoms with Crippen molar-refractivity contribution in [2.24, 2.45) is 0 Å². The van der Waals surface area contributed by atoms with Crippen LogP contribution in [0.3, 0.4) is 0 Å². The van der Waals surface area contributed by atoms with Crippen LogP contribution in [0, 0.1) is 6.92 Å². The molecule has 0 atom stereocenters. The number of phenolic OH excluding ortho intramolecular Hbond substituents is 1. The summed E-state index contributed by atoms with van der Waals surface area (Å²) < 4.78 is 39.1. The zero-order chi connectivity index (χ0) is 15.9. The van der Waals surface area contributed by atoms with Gasteiger partial charge in [0, 0.05) is 17.4 Å².